The molecule has 7 heteroatoms. The lowest BCUT2D eigenvalue weighted by molar-refractivity contribution is -0.116. The summed E-state index contributed by atoms with van der Waals surface area (Å²) < 4.78 is 0. The van der Waals surface area contributed by atoms with Crippen LogP contribution in [0.15, 0.2) is 30.7 Å². The molecule has 21 heavy (non-hydrogen) atoms. The summed E-state index contributed by atoms with van der Waals surface area (Å²) in [7, 11) is 0. The predicted octanol–water partition coefficient (Wildman–Crippen LogP) is 2.55. The topological polar surface area (TPSA) is 66.9 Å². The molecule has 3 rings (SSSR count). The van der Waals surface area contributed by atoms with E-state index in [0.29, 0.717) is 12.5 Å². The maximum absolute atomic E-state index is 12.0. The van der Waals surface area contributed by atoms with Crippen LogP contribution in [0.5, 0.6) is 0 Å². The molecule has 1 atom stereocenters. The molecule has 2 N–H and O–H groups in total. The number of hydrogen-bond donors (Lipinski definition) is 2. The van der Waals surface area contributed by atoms with Gasteiger partial charge in [0.1, 0.15) is 0 Å². The van der Waals surface area contributed by atoms with Crippen molar-refractivity contribution in [3.8, 4) is 0 Å². The lowest BCUT2D eigenvalue weighted by Gasteiger charge is -2.11. The maximum atomic E-state index is 12.0. The van der Waals surface area contributed by atoms with Gasteiger partial charge in [0.25, 0.3) is 0 Å². The Kier molecular flexibility index (Phi) is 6.81. The van der Waals surface area contributed by atoms with Gasteiger partial charge in [-0.2, -0.15) is 0 Å². The molecule has 1 saturated heterocycles. The van der Waals surface area contributed by atoms with Crippen molar-refractivity contribution >= 4 is 47.3 Å². The van der Waals surface area contributed by atoms with Crippen LogP contribution in [0, 0.1) is 0 Å². The molecule has 0 bridgehead atoms. The van der Waals surface area contributed by atoms with E-state index in [1.54, 1.807) is 18.6 Å². The van der Waals surface area contributed by atoms with Crippen LogP contribution in [0.2, 0.25) is 0 Å². The number of carbonyl (C=O) groups is 1. The Balaban J connectivity index is 0.00000110. The summed E-state index contributed by atoms with van der Waals surface area (Å²) in [6.45, 7) is 1.01. The zero-order valence-electron chi connectivity index (χ0n) is 11.4. The first kappa shape index (κ1) is 17.6. The molecule has 1 aliphatic heterocycles. The maximum Gasteiger partial charge on any atom is 0.225 e. The van der Waals surface area contributed by atoms with Gasteiger partial charge in [0.05, 0.1) is 11.2 Å². The van der Waals surface area contributed by atoms with Crippen molar-refractivity contribution in [2.45, 2.75) is 25.3 Å². The Bertz CT molecular complexity index is 597. The lowest BCUT2D eigenvalue weighted by atomic mass is 10.1. The summed E-state index contributed by atoms with van der Waals surface area (Å²) >= 11 is 0. The summed E-state index contributed by atoms with van der Waals surface area (Å²) in [6.07, 6.45) is 7.87. The van der Waals surface area contributed by atoms with Crippen LogP contribution in [-0.2, 0) is 4.79 Å². The molecule has 0 radical (unpaired) electrons. The van der Waals surface area contributed by atoms with Crippen molar-refractivity contribution in [3.63, 3.8) is 0 Å². The van der Waals surface area contributed by atoms with Crippen molar-refractivity contribution in [1.29, 1.82) is 0 Å². The van der Waals surface area contributed by atoms with Gasteiger partial charge in [-0.1, -0.05) is 0 Å². The molecule has 2 aromatic heterocycles. The molecular formula is C14H18Cl2N4O. The minimum Gasteiger partial charge on any atom is -0.325 e. The van der Waals surface area contributed by atoms with Gasteiger partial charge in [0.15, 0.2) is 0 Å². The lowest BCUT2D eigenvalue weighted by Crippen LogP contribution is -2.27. The van der Waals surface area contributed by atoms with Gasteiger partial charge >= 0.3 is 0 Å². The molecule has 0 saturated carbocycles. The Morgan fingerprint density at radius 3 is 2.95 bits per heavy atom. The largest absolute Gasteiger partial charge is 0.325 e. The third-order valence-electron chi connectivity index (χ3n) is 3.41. The highest BCUT2D eigenvalue weighted by molar-refractivity contribution is 6.00. The second-order valence-electron chi connectivity index (χ2n) is 4.80. The number of aromatic nitrogens is 2. The Hall–Kier alpha value is -1.43. The summed E-state index contributed by atoms with van der Waals surface area (Å²) in [5.41, 5.74) is 1.62. The second-order valence-corrected chi connectivity index (χ2v) is 4.80. The first-order valence-corrected chi connectivity index (χ1v) is 6.55. The van der Waals surface area contributed by atoms with Crippen LogP contribution in [0.3, 0.4) is 0 Å². The molecule has 0 aliphatic carbocycles. The Morgan fingerprint density at radius 2 is 2.19 bits per heavy atom. The molecule has 114 valence electrons. The van der Waals surface area contributed by atoms with E-state index in [9.17, 15) is 4.79 Å². The molecule has 1 unspecified atom stereocenters. The van der Waals surface area contributed by atoms with Crippen molar-refractivity contribution in [2.75, 3.05) is 11.9 Å². The Morgan fingerprint density at radius 1 is 1.33 bits per heavy atom. The summed E-state index contributed by atoms with van der Waals surface area (Å²) in [6, 6.07) is 3.96. The zero-order valence-corrected chi connectivity index (χ0v) is 13.0. The van der Waals surface area contributed by atoms with E-state index in [0.717, 1.165) is 36.0 Å². The predicted molar refractivity (Wildman–Crippen MR) is 88.3 cm³/mol. The first-order chi connectivity index (χ1) is 9.33. The number of nitrogens with zero attached hydrogens (tertiary/aromatic N) is 2. The normalized spacial score (nSPS) is 16.9. The van der Waals surface area contributed by atoms with Crippen LogP contribution in [-0.4, -0.2) is 28.5 Å². The highest BCUT2D eigenvalue weighted by atomic mass is 35.5. The molecule has 0 aromatic carbocycles. The van der Waals surface area contributed by atoms with E-state index in [1.165, 1.54) is 0 Å². The quantitative estimate of drug-likeness (QED) is 0.908. The number of amides is 1. The van der Waals surface area contributed by atoms with Gasteiger partial charge in [-0.25, -0.2) is 0 Å². The smallest absolute Gasteiger partial charge is 0.225 e. The van der Waals surface area contributed by atoms with Crippen LogP contribution >= 0.6 is 24.8 Å². The monoisotopic (exact) mass is 328 g/mol. The fraction of sp³-hybridized carbons (Fsp3) is 0.357. The molecule has 2 aromatic rings. The van der Waals surface area contributed by atoms with E-state index in [2.05, 4.69) is 20.6 Å². The van der Waals surface area contributed by atoms with Gasteiger partial charge in [-0.15, -0.1) is 24.8 Å². The number of pyridine rings is 2. The molecular weight excluding hydrogens is 311 g/mol. The van der Waals surface area contributed by atoms with Crippen LogP contribution in [0.25, 0.3) is 10.9 Å². The third-order valence-corrected chi connectivity index (χ3v) is 3.41. The van der Waals surface area contributed by atoms with Crippen molar-refractivity contribution in [3.05, 3.63) is 30.7 Å². The average molecular weight is 329 g/mol. The molecule has 3 heterocycles. The molecule has 0 spiro atoms. The molecule has 1 amide bonds. The fourth-order valence-corrected chi connectivity index (χ4v) is 2.45. The van der Waals surface area contributed by atoms with Gasteiger partial charge in [-0.05, 0) is 31.5 Å². The van der Waals surface area contributed by atoms with Crippen molar-refractivity contribution in [2.24, 2.45) is 0 Å². The van der Waals surface area contributed by atoms with E-state index >= 15 is 0 Å². The SMILES string of the molecule is Cl.Cl.O=C(CC1CCCN1)Nc1ccnc2ccncc12. The van der Waals surface area contributed by atoms with Gasteiger partial charge in [-0.3, -0.25) is 14.8 Å². The minimum absolute atomic E-state index is 0. The standard InChI is InChI=1S/C14H16N4O.2ClH/c19-14(8-10-2-1-5-16-10)18-13-4-7-17-12-3-6-15-9-11(12)13;;/h3-4,6-7,9-10,16H,1-2,5,8H2,(H,17,18,19);2*1H. The number of carbonyl (C=O) groups excluding carboxylic acids is 1. The molecule has 5 nitrogen and oxygen atoms in total. The van der Waals surface area contributed by atoms with E-state index in [4.69, 9.17) is 0 Å². The van der Waals surface area contributed by atoms with Crippen molar-refractivity contribution in [1.82, 2.24) is 15.3 Å². The number of rotatable bonds is 3. The van der Waals surface area contributed by atoms with E-state index in [-0.39, 0.29) is 30.7 Å². The van der Waals surface area contributed by atoms with E-state index in [1.807, 2.05) is 12.1 Å². The summed E-state index contributed by atoms with van der Waals surface area (Å²) in [5, 5.41) is 7.15. The van der Waals surface area contributed by atoms with Crippen LogP contribution < -0.4 is 10.6 Å². The zero-order chi connectivity index (χ0) is 13.1. The fourth-order valence-electron chi connectivity index (χ4n) is 2.45. The average Bonchev–Trinajstić information content (AvgIpc) is 2.92. The first-order valence-electron chi connectivity index (χ1n) is 6.55. The third kappa shape index (κ3) is 4.27. The van der Waals surface area contributed by atoms with Crippen molar-refractivity contribution < 1.29 is 4.79 Å². The Labute approximate surface area is 135 Å². The van der Waals surface area contributed by atoms with Crippen LogP contribution in [0.1, 0.15) is 19.3 Å². The highest BCUT2D eigenvalue weighted by Gasteiger charge is 2.18. The molecule has 1 fully saturated rings. The number of hydrogen-bond acceptors (Lipinski definition) is 4. The summed E-state index contributed by atoms with van der Waals surface area (Å²) in [4.78, 5) is 20.3. The van der Waals surface area contributed by atoms with Gasteiger partial charge in [0.2, 0.25) is 5.91 Å². The second kappa shape index (κ2) is 8.12. The number of anilines is 1. The van der Waals surface area contributed by atoms with Gasteiger partial charge in [0, 0.05) is 36.4 Å². The van der Waals surface area contributed by atoms with E-state index < -0.39 is 0 Å². The minimum atomic E-state index is 0. The van der Waals surface area contributed by atoms with Gasteiger partial charge < -0.3 is 10.6 Å². The molecule has 1 aliphatic rings. The number of nitrogens with one attached hydrogen (secondary N) is 2. The number of halogens is 2. The summed E-state index contributed by atoms with van der Waals surface area (Å²) in [5.74, 6) is 0.0377. The highest BCUT2D eigenvalue weighted by Crippen LogP contribution is 2.20. The number of fused-ring (bicyclic) bond motifs is 1. The van der Waals surface area contributed by atoms with Crippen LogP contribution in [0.4, 0.5) is 5.69 Å².